The number of aromatic nitrogens is 1. The Hall–Kier alpha value is -1.29. The lowest BCUT2D eigenvalue weighted by Crippen LogP contribution is -2.25. The van der Waals surface area contributed by atoms with Gasteiger partial charge in [-0.15, -0.1) is 0 Å². The van der Waals surface area contributed by atoms with E-state index in [1.165, 1.54) is 25.9 Å². The summed E-state index contributed by atoms with van der Waals surface area (Å²) in [6.45, 7) is 4.08. The second-order valence-electron chi connectivity index (χ2n) is 3.82. The third-order valence-corrected chi connectivity index (χ3v) is 2.62. The summed E-state index contributed by atoms with van der Waals surface area (Å²) in [5.41, 5.74) is 6.32. The Bertz CT molecular complexity index is 310. The molecule has 1 aromatic heterocycles. The summed E-state index contributed by atoms with van der Waals surface area (Å²) < 4.78 is 5.52. The lowest BCUT2D eigenvalue weighted by atomic mass is 10.4. The molecule has 0 amide bonds. The van der Waals surface area contributed by atoms with Gasteiger partial charge in [0.1, 0.15) is 6.61 Å². The summed E-state index contributed by atoms with van der Waals surface area (Å²) in [5, 5.41) is 0. The maximum atomic E-state index is 5.62. The standard InChI is InChI=1S/C11H17N3O/c12-10-3-4-13-11(9-10)15-8-7-14-5-1-2-6-14/h3-4,9H,1-2,5-8H2,(H2,12,13). The Balaban J connectivity index is 1.73. The van der Waals surface area contributed by atoms with Crippen LogP contribution in [0, 0.1) is 0 Å². The van der Waals surface area contributed by atoms with Crippen molar-refractivity contribution >= 4 is 5.69 Å². The van der Waals surface area contributed by atoms with Crippen LogP contribution >= 0.6 is 0 Å². The highest BCUT2D eigenvalue weighted by Gasteiger charge is 2.10. The molecular formula is C11H17N3O. The van der Waals surface area contributed by atoms with Crippen molar-refractivity contribution in [1.82, 2.24) is 9.88 Å². The van der Waals surface area contributed by atoms with Gasteiger partial charge in [0, 0.05) is 24.5 Å². The van der Waals surface area contributed by atoms with Crippen LogP contribution in [0.2, 0.25) is 0 Å². The van der Waals surface area contributed by atoms with Gasteiger partial charge in [0.15, 0.2) is 0 Å². The van der Waals surface area contributed by atoms with E-state index < -0.39 is 0 Å². The summed E-state index contributed by atoms with van der Waals surface area (Å²) in [7, 11) is 0. The van der Waals surface area contributed by atoms with E-state index in [0.29, 0.717) is 18.2 Å². The quantitative estimate of drug-likeness (QED) is 0.804. The first kappa shape index (κ1) is 10.2. The van der Waals surface area contributed by atoms with Gasteiger partial charge in [0.05, 0.1) is 0 Å². The highest BCUT2D eigenvalue weighted by Crippen LogP contribution is 2.11. The number of nitrogens with zero attached hydrogens (tertiary/aromatic N) is 2. The van der Waals surface area contributed by atoms with E-state index in [1.807, 2.05) is 0 Å². The maximum Gasteiger partial charge on any atom is 0.215 e. The number of likely N-dealkylation sites (tertiary alicyclic amines) is 1. The van der Waals surface area contributed by atoms with Crippen molar-refractivity contribution in [3.05, 3.63) is 18.3 Å². The molecule has 0 spiro atoms. The maximum absolute atomic E-state index is 5.62. The minimum atomic E-state index is 0.620. The van der Waals surface area contributed by atoms with E-state index >= 15 is 0 Å². The van der Waals surface area contributed by atoms with Crippen LogP contribution in [0.15, 0.2) is 18.3 Å². The topological polar surface area (TPSA) is 51.4 Å². The van der Waals surface area contributed by atoms with Gasteiger partial charge in [-0.2, -0.15) is 0 Å². The molecule has 4 heteroatoms. The van der Waals surface area contributed by atoms with Crippen molar-refractivity contribution in [1.29, 1.82) is 0 Å². The summed E-state index contributed by atoms with van der Waals surface area (Å²) >= 11 is 0. The van der Waals surface area contributed by atoms with Crippen molar-refractivity contribution in [2.75, 3.05) is 32.0 Å². The van der Waals surface area contributed by atoms with Crippen molar-refractivity contribution in [3.8, 4) is 5.88 Å². The fraction of sp³-hybridized carbons (Fsp3) is 0.545. The molecule has 0 bridgehead atoms. The molecule has 0 aromatic carbocycles. The van der Waals surface area contributed by atoms with E-state index in [-0.39, 0.29) is 0 Å². The van der Waals surface area contributed by atoms with Crippen LogP contribution in [-0.2, 0) is 0 Å². The molecule has 1 aliphatic rings. The van der Waals surface area contributed by atoms with Crippen LogP contribution in [0.4, 0.5) is 5.69 Å². The summed E-state index contributed by atoms with van der Waals surface area (Å²) in [5.74, 6) is 0.620. The van der Waals surface area contributed by atoms with Crippen LogP contribution in [0.25, 0.3) is 0 Å². The minimum Gasteiger partial charge on any atom is -0.476 e. The zero-order valence-corrected chi connectivity index (χ0v) is 8.85. The molecule has 1 aliphatic heterocycles. The average Bonchev–Trinajstić information content (AvgIpc) is 2.71. The largest absolute Gasteiger partial charge is 0.476 e. The third kappa shape index (κ3) is 3.09. The average molecular weight is 207 g/mol. The Labute approximate surface area is 90.0 Å². The van der Waals surface area contributed by atoms with E-state index in [2.05, 4.69) is 9.88 Å². The van der Waals surface area contributed by atoms with E-state index in [1.54, 1.807) is 18.3 Å². The molecule has 0 unspecified atom stereocenters. The monoisotopic (exact) mass is 207 g/mol. The van der Waals surface area contributed by atoms with Crippen molar-refractivity contribution in [2.24, 2.45) is 0 Å². The number of nitrogens with two attached hydrogens (primary N) is 1. The Morgan fingerprint density at radius 3 is 2.93 bits per heavy atom. The lowest BCUT2D eigenvalue weighted by molar-refractivity contribution is 0.232. The summed E-state index contributed by atoms with van der Waals surface area (Å²) in [6, 6.07) is 3.51. The zero-order valence-electron chi connectivity index (χ0n) is 8.85. The number of pyridine rings is 1. The van der Waals surface area contributed by atoms with E-state index in [0.717, 1.165) is 6.54 Å². The van der Waals surface area contributed by atoms with Crippen LogP contribution in [0.5, 0.6) is 5.88 Å². The molecule has 2 rings (SSSR count). The second kappa shape index (κ2) is 4.98. The Kier molecular flexibility index (Phi) is 3.40. The SMILES string of the molecule is Nc1ccnc(OCCN2CCCC2)c1. The molecule has 0 aliphatic carbocycles. The number of hydrogen-bond acceptors (Lipinski definition) is 4. The number of anilines is 1. The highest BCUT2D eigenvalue weighted by atomic mass is 16.5. The normalized spacial score (nSPS) is 16.8. The molecule has 0 saturated carbocycles. The molecule has 1 saturated heterocycles. The van der Waals surface area contributed by atoms with Crippen molar-refractivity contribution in [3.63, 3.8) is 0 Å². The summed E-state index contributed by atoms with van der Waals surface area (Å²) in [6.07, 6.45) is 4.30. The molecule has 15 heavy (non-hydrogen) atoms. The fourth-order valence-electron chi connectivity index (χ4n) is 1.79. The lowest BCUT2D eigenvalue weighted by Gasteiger charge is -2.14. The Morgan fingerprint density at radius 2 is 2.20 bits per heavy atom. The smallest absolute Gasteiger partial charge is 0.215 e. The van der Waals surface area contributed by atoms with Gasteiger partial charge in [0.25, 0.3) is 0 Å². The summed E-state index contributed by atoms with van der Waals surface area (Å²) in [4.78, 5) is 6.49. The molecule has 1 fully saturated rings. The van der Waals surface area contributed by atoms with Gasteiger partial charge in [-0.05, 0) is 32.0 Å². The highest BCUT2D eigenvalue weighted by molar-refractivity contribution is 5.39. The van der Waals surface area contributed by atoms with Gasteiger partial charge in [0.2, 0.25) is 5.88 Å². The first-order valence-electron chi connectivity index (χ1n) is 5.41. The van der Waals surface area contributed by atoms with Crippen molar-refractivity contribution < 1.29 is 4.74 Å². The molecule has 4 nitrogen and oxygen atoms in total. The van der Waals surface area contributed by atoms with Gasteiger partial charge in [-0.1, -0.05) is 0 Å². The van der Waals surface area contributed by atoms with Gasteiger partial charge >= 0.3 is 0 Å². The van der Waals surface area contributed by atoms with Crippen LogP contribution in [-0.4, -0.2) is 36.1 Å². The molecule has 1 aromatic rings. The van der Waals surface area contributed by atoms with Gasteiger partial charge in [-0.25, -0.2) is 4.98 Å². The predicted octanol–water partition coefficient (Wildman–Crippen LogP) is 1.14. The second-order valence-corrected chi connectivity index (χ2v) is 3.82. The first-order chi connectivity index (χ1) is 7.34. The van der Waals surface area contributed by atoms with Crippen LogP contribution in [0.3, 0.4) is 0 Å². The molecule has 0 radical (unpaired) electrons. The Morgan fingerprint density at radius 1 is 1.40 bits per heavy atom. The fourth-order valence-corrected chi connectivity index (χ4v) is 1.79. The van der Waals surface area contributed by atoms with Gasteiger partial charge in [-0.3, -0.25) is 4.90 Å². The molecule has 2 heterocycles. The molecule has 82 valence electrons. The number of ether oxygens (including phenoxy) is 1. The molecule has 2 N–H and O–H groups in total. The minimum absolute atomic E-state index is 0.620. The number of hydrogen-bond donors (Lipinski definition) is 1. The van der Waals surface area contributed by atoms with Crippen LogP contribution in [0.1, 0.15) is 12.8 Å². The van der Waals surface area contributed by atoms with Gasteiger partial charge < -0.3 is 10.5 Å². The molecule has 0 atom stereocenters. The van der Waals surface area contributed by atoms with Crippen LogP contribution < -0.4 is 10.5 Å². The zero-order chi connectivity index (χ0) is 10.5. The van der Waals surface area contributed by atoms with E-state index in [9.17, 15) is 0 Å². The number of rotatable bonds is 4. The predicted molar refractivity (Wildman–Crippen MR) is 59.8 cm³/mol. The first-order valence-corrected chi connectivity index (χ1v) is 5.41. The number of nitrogen functional groups attached to an aromatic ring is 1. The van der Waals surface area contributed by atoms with E-state index in [4.69, 9.17) is 10.5 Å². The third-order valence-electron chi connectivity index (χ3n) is 2.62. The van der Waals surface area contributed by atoms with Crippen molar-refractivity contribution in [2.45, 2.75) is 12.8 Å². The molecular weight excluding hydrogens is 190 g/mol.